The number of nitrogens with zero attached hydrogens (tertiary/aromatic N) is 1. The van der Waals surface area contributed by atoms with Crippen molar-refractivity contribution in [3.05, 3.63) is 34.9 Å². The molecule has 1 heterocycles. The molecule has 0 spiro atoms. The van der Waals surface area contributed by atoms with Crippen molar-refractivity contribution in [3.8, 4) is 0 Å². The highest BCUT2D eigenvalue weighted by atomic mass is 35.5. The monoisotopic (exact) mass is 268 g/mol. The molecular formula is C14H21ClN2O. The summed E-state index contributed by atoms with van der Waals surface area (Å²) < 4.78 is 5.91. The molecule has 2 atom stereocenters. The third kappa shape index (κ3) is 2.86. The minimum Gasteiger partial charge on any atom is -0.374 e. The molecule has 100 valence electrons. The fourth-order valence-electron chi connectivity index (χ4n) is 2.63. The van der Waals surface area contributed by atoms with E-state index in [1.54, 1.807) is 0 Å². The molecule has 2 unspecified atom stereocenters. The van der Waals surface area contributed by atoms with Gasteiger partial charge in [0.15, 0.2) is 0 Å². The van der Waals surface area contributed by atoms with Crippen LogP contribution in [0.3, 0.4) is 0 Å². The number of hydrogen-bond acceptors (Lipinski definition) is 3. The van der Waals surface area contributed by atoms with Crippen molar-refractivity contribution in [2.24, 2.45) is 0 Å². The lowest BCUT2D eigenvalue weighted by molar-refractivity contribution is -0.0686. The van der Waals surface area contributed by atoms with E-state index in [4.69, 9.17) is 16.3 Å². The molecule has 0 radical (unpaired) electrons. The second-order valence-corrected chi connectivity index (χ2v) is 4.97. The van der Waals surface area contributed by atoms with Crippen LogP contribution in [0.25, 0.3) is 0 Å². The minimum absolute atomic E-state index is 0.156. The molecule has 1 aromatic carbocycles. The Morgan fingerprint density at radius 2 is 2.22 bits per heavy atom. The Morgan fingerprint density at radius 3 is 2.89 bits per heavy atom. The van der Waals surface area contributed by atoms with E-state index in [0.717, 1.165) is 31.3 Å². The lowest BCUT2D eigenvalue weighted by atomic mass is 9.97. The first kappa shape index (κ1) is 13.8. The molecule has 0 amide bonds. The van der Waals surface area contributed by atoms with Crippen LogP contribution in [0.15, 0.2) is 24.3 Å². The Balaban J connectivity index is 2.30. The van der Waals surface area contributed by atoms with Gasteiger partial charge in [-0.15, -0.1) is 0 Å². The van der Waals surface area contributed by atoms with E-state index in [1.165, 1.54) is 5.56 Å². The van der Waals surface area contributed by atoms with Crippen LogP contribution in [0.2, 0.25) is 5.02 Å². The number of halogens is 1. The summed E-state index contributed by atoms with van der Waals surface area (Å²) >= 11 is 6.34. The van der Waals surface area contributed by atoms with Crippen LogP contribution >= 0.6 is 11.6 Å². The average molecular weight is 269 g/mol. The highest BCUT2D eigenvalue weighted by molar-refractivity contribution is 6.31. The number of nitrogens with one attached hydrogen (secondary N) is 1. The van der Waals surface area contributed by atoms with Crippen molar-refractivity contribution in [2.75, 3.05) is 33.3 Å². The van der Waals surface area contributed by atoms with E-state index in [1.807, 2.05) is 25.2 Å². The fourth-order valence-corrected chi connectivity index (χ4v) is 2.87. The van der Waals surface area contributed by atoms with Crippen molar-refractivity contribution in [3.63, 3.8) is 0 Å². The maximum absolute atomic E-state index is 6.34. The van der Waals surface area contributed by atoms with Crippen molar-refractivity contribution in [1.29, 1.82) is 0 Å². The van der Waals surface area contributed by atoms with E-state index in [-0.39, 0.29) is 12.1 Å². The molecule has 1 aliphatic heterocycles. The molecule has 1 N–H and O–H groups in total. The first-order valence-corrected chi connectivity index (χ1v) is 6.90. The topological polar surface area (TPSA) is 24.5 Å². The predicted octanol–water partition coefficient (Wildman–Crippen LogP) is 2.32. The third-order valence-electron chi connectivity index (χ3n) is 3.49. The lowest BCUT2D eigenvalue weighted by Crippen LogP contribution is -2.48. The van der Waals surface area contributed by atoms with Gasteiger partial charge in [-0.2, -0.15) is 0 Å². The highest BCUT2D eigenvalue weighted by Crippen LogP contribution is 2.33. The molecule has 1 aliphatic rings. The molecule has 0 bridgehead atoms. The van der Waals surface area contributed by atoms with Gasteiger partial charge in [0.05, 0.1) is 18.8 Å². The molecule has 0 aliphatic carbocycles. The van der Waals surface area contributed by atoms with E-state index >= 15 is 0 Å². The van der Waals surface area contributed by atoms with Gasteiger partial charge in [0.25, 0.3) is 0 Å². The highest BCUT2D eigenvalue weighted by Gasteiger charge is 2.33. The summed E-state index contributed by atoms with van der Waals surface area (Å²) in [5, 5.41) is 4.03. The van der Waals surface area contributed by atoms with Gasteiger partial charge in [-0.3, -0.25) is 4.90 Å². The van der Waals surface area contributed by atoms with Gasteiger partial charge in [-0.1, -0.05) is 36.7 Å². The number of likely N-dealkylation sites (N-methyl/N-ethyl adjacent to an activating group) is 2. The summed E-state index contributed by atoms with van der Waals surface area (Å²) in [6.07, 6.45) is 0.156. The van der Waals surface area contributed by atoms with Crippen LogP contribution < -0.4 is 5.32 Å². The van der Waals surface area contributed by atoms with E-state index in [2.05, 4.69) is 23.2 Å². The summed E-state index contributed by atoms with van der Waals surface area (Å²) in [6, 6.07) is 8.31. The first-order valence-electron chi connectivity index (χ1n) is 6.52. The number of benzene rings is 1. The molecule has 1 aromatic rings. The van der Waals surface area contributed by atoms with Crippen LogP contribution in [0.5, 0.6) is 0 Å². The van der Waals surface area contributed by atoms with Gasteiger partial charge in [-0.25, -0.2) is 0 Å². The minimum atomic E-state index is 0.156. The molecule has 3 nitrogen and oxygen atoms in total. The standard InChI is InChI=1S/C14H21ClN2O/c1-3-17-8-9-18-13(10-16-2)14(17)11-6-4-5-7-12(11)15/h4-7,13-14,16H,3,8-10H2,1-2H3. The summed E-state index contributed by atoms with van der Waals surface area (Å²) in [7, 11) is 1.96. The predicted molar refractivity (Wildman–Crippen MR) is 75.1 cm³/mol. The molecule has 18 heavy (non-hydrogen) atoms. The molecule has 1 fully saturated rings. The van der Waals surface area contributed by atoms with Crippen molar-refractivity contribution < 1.29 is 4.74 Å². The zero-order valence-corrected chi connectivity index (χ0v) is 11.8. The maximum atomic E-state index is 6.34. The summed E-state index contributed by atoms with van der Waals surface area (Å²) in [4.78, 5) is 2.44. The largest absolute Gasteiger partial charge is 0.374 e. The number of morpholine rings is 1. The van der Waals surface area contributed by atoms with Gasteiger partial charge in [0.1, 0.15) is 0 Å². The Bertz CT molecular complexity index is 384. The SMILES string of the molecule is CCN1CCOC(CNC)C1c1ccccc1Cl. The Kier molecular flexibility index (Phi) is 5.01. The molecule has 0 aromatic heterocycles. The number of rotatable bonds is 4. The van der Waals surface area contributed by atoms with Crippen LogP contribution in [-0.2, 0) is 4.74 Å². The smallest absolute Gasteiger partial charge is 0.0896 e. The van der Waals surface area contributed by atoms with E-state index < -0.39 is 0 Å². The molecule has 4 heteroatoms. The molecule has 1 saturated heterocycles. The Labute approximate surface area is 114 Å². The molecule has 0 saturated carbocycles. The van der Waals surface area contributed by atoms with Crippen LogP contribution in [-0.4, -0.2) is 44.3 Å². The summed E-state index contributed by atoms with van der Waals surface area (Å²) in [6.45, 7) is 5.80. The van der Waals surface area contributed by atoms with Crippen molar-refractivity contribution in [1.82, 2.24) is 10.2 Å². The quantitative estimate of drug-likeness (QED) is 0.907. The van der Waals surface area contributed by atoms with Gasteiger partial charge < -0.3 is 10.1 Å². The van der Waals surface area contributed by atoms with Crippen molar-refractivity contribution in [2.45, 2.75) is 19.1 Å². The van der Waals surface area contributed by atoms with Crippen molar-refractivity contribution >= 4 is 11.6 Å². The average Bonchev–Trinajstić information content (AvgIpc) is 2.40. The van der Waals surface area contributed by atoms with Gasteiger partial charge >= 0.3 is 0 Å². The fraction of sp³-hybridized carbons (Fsp3) is 0.571. The number of ether oxygens (including phenoxy) is 1. The second kappa shape index (κ2) is 6.53. The van der Waals surface area contributed by atoms with Gasteiger partial charge in [0, 0.05) is 18.1 Å². The molecular weight excluding hydrogens is 248 g/mol. The number of hydrogen-bond donors (Lipinski definition) is 1. The zero-order chi connectivity index (χ0) is 13.0. The van der Waals surface area contributed by atoms with Crippen LogP contribution in [0.1, 0.15) is 18.5 Å². The normalized spacial score (nSPS) is 25.3. The Morgan fingerprint density at radius 1 is 1.44 bits per heavy atom. The Hall–Kier alpha value is -0.610. The second-order valence-electron chi connectivity index (χ2n) is 4.56. The van der Waals surface area contributed by atoms with E-state index in [0.29, 0.717) is 0 Å². The van der Waals surface area contributed by atoms with Gasteiger partial charge in [-0.05, 0) is 25.2 Å². The van der Waals surface area contributed by atoms with E-state index in [9.17, 15) is 0 Å². The van der Waals surface area contributed by atoms with Crippen LogP contribution in [0.4, 0.5) is 0 Å². The zero-order valence-electron chi connectivity index (χ0n) is 11.0. The summed E-state index contributed by atoms with van der Waals surface area (Å²) in [5.41, 5.74) is 1.17. The van der Waals surface area contributed by atoms with Gasteiger partial charge in [0.2, 0.25) is 0 Å². The summed E-state index contributed by atoms with van der Waals surface area (Å²) in [5.74, 6) is 0. The lowest BCUT2D eigenvalue weighted by Gasteiger charge is -2.41. The first-order chi connectivity index (χ1) is 8.77. The maximum Gasteiger partial charge on any atom is 0.0896 e. The third-order valence-corrected chi connectivity index (χ3v) is 3.84. The molecule has 2 rings (SSSR count). The van der Waals surface area contributed by atoms with Crippen LogP contribution in [0, 0.1) is 0 Å².